The minimum atomic E-state index is -0.811. The van der Waals surface area contributed by atoms with E-state index in [1.54, 1.807) is 12.2 Å². The Labute approximate surface area is 92.3 Å². The number of carbonyl (C=O) groups excluding carboxylic acids is 2. The van der Waals surface area contributed by atoms with Crippen LogP contribution in [0.25, 0.3) is 6.08 Å². The van der Waals surface area contributed by atoms with E-state index in [1.807, 2.05) is 13.8 Å². The van der Waals surface area contributed by atoms with Gasteiger partial charge in [0.2, 0.25) is 11.8 Å². The van der Waals surface area contributed by atoms with Gasteiger partial charge in [0.25, 0.3) is 0 Å². The van der Waals surface area contributed by atoms with Crippen LogP contribution < -0.4 is 5.32 Å². The van der Waals surface area contributed by atoms with E-state index < -0.39 is 5.41 Å². The zero-order valence-electron chi connectivity index (χ0n) is 9.09. The number of imide groups is 1. The molecule has 1 atom stereocenters. The molecule has 16 heavy (non-hydrogen) atoms. The number of rotatable bonds is 0. The summed E-state index contributed by atoms with van der Waals surface area (Å²) in [6.07, 6.45) is 3.75. The summed E-state index contributed by atoms with van der Waals surface area (Å²) in [7, 11) is 0. The molecule has 0 bridgehead atoms. The number of furan rings is 1. The summed E-state index contributed by atoms with van der Waals surface area (Å²) in [5.41, 5.74) is 1.01. The summed E-state index contributed by atoms with van der Waals surface area (Å²) >= 11 is 0. The molecule has 2 aliphatic rings. The number of aryl methyl sites for hydroxylation is 1. The Morgan fingerprint density at radius 1 is 1.38 bits per heavy atom. The van der Waals surface area contributed by atoms with Crippen LogP contribution in [0.5, 0.6) is 0 Å². The molecule has 3 rings (SSSR count). The van der Waals surface area contributed by atoms with Crippen molar-refractivity contribution in [1.29, 1.82) is 0 Å². The lowest BCUT2D eigenvalue weighted by molar-refractivity contribution is -0.125. The first kappa shape index (κ1) is 9.39. The Morgan fingerprint density at radius 3 is 2.75 bits per heavy atom. The Kier molecular flexibility index (Phi) is 1.55. The topological polar surface area (TPSA) is 59.3 Å². The van der Waals surface area contributed by atoms with E-state index in [0.29, 0.717) is 5.76 Å². The summed E-state index contributed by atoms with van der Waals surface area (Å²) < 4.78 is 5.55. The lowest BCUT2D eigenvalue weighted by atomic mass is 9.80. The van der Waals surface area contributed by atoms with Crippen LogP contribution in [-0.2, 0) is 15.0 Å². The number of carbonyl (C=O) groups is 2. The predicted octanol–water partition coefficient (Wildman–Crippen LogP) is 1.21. The van der Waals surface area contributed by atoms with Crippen LogP contribution in [0.15, 0.2) is 10.5 Å². The predicted molar refractivity (Wildman–Crippen MR) is 56.7 cm³/mol. The highest BCUT2D eigenvalue weighted by Crippen LogP contribution is 2.45. The molecule has 4 nitrogen and oxygen atoms in total. The van der Waals surface area contributed by atoms with Gasteiger partial charge in [0.15, 0.2) is 0 Å². The molecule has 2 heterocycles. The monoisotopic (exact) mass is 217 g/mol. The highest BCUT2D eigenvalue weighted by molar-refractivity contribution is 6.12. The van der Waals surface area contributed by atoms with Crippen molar-refractivity contribution in [1.82, 2.24) is 5.32 Å². The minimum Gasteiger partial charge on any atom is -0.461 e. The number of hydrogen-bond donors (Lipinski definition) is 1. The maximum Gasteiger partial charge on any atom is 0.241 e. The highest BCUT2D eigenvalue weighted by atomic mass is 16.3. The Hall–Kier alpha value is -1.84. The summed E-state index contributed by atoms with van der Waals surface area (Å²) in [5, 5.41) is 2.36. The van der Waals surface area contributed by atoms with E-state index in [1.165, 1.54) is 0 Å². The van der Waals surface area contributed by atoms with Crippen LogP contribution in [-0.4, -0.2) is 11.8 Å². The van der Waals surface area contributed by atoms with E-state index in [4.69, 9.17) is 4.42 Å². The number of hydrogen-bond acceptors (Lipinski definition) is 3. The average molecular weight is 217 g/mol. The molecule has 0 saturated carbocycles. The van der Waals surface area contributed by atoms with Gasteiger partial charge in [-0.1, -0.05) is 6.08 Å². The molecule has 1 aliphatic carbocycles. The smallest absolute Gasteiger partial charge is 0.241 e. The largest absolute Gasteiger partial charge is 0.461 e. The first-order chi connectivity index (χ1) is 7.54. The Morgan fingerprint density at radius 2 is 2.12 bits per heavy atom. The van der Waals surface area contributed by atoms with Gasteiger partial charge in [0, 0.05) is 12.0 Å². The van der Waals surface area contributed by atoms with Crippen LogP contribution in [0.4, 0.5) is 0 Å². The second-order valence-corrected chi connectivity index (χ2v) is 4.38. The molecule has 0 radical (unpaired) electrons. The lowest BCUT2D eigenvalue weighted by Gasteiger charge is -2.17. The van der Waals surface area contributed by atoms with E-state index in [-0.39, 0.29) is 18.2 Å². The summed E-state index contributed by atoms with van der Waals surface area (Å²) in [6.45, 7) is 3.78. The fraction of sp³-hybridized carbons (Fsp3) is 0.333. The lowest BCUT2D eigenvalue weighted by Crippen LogP contribution is -2.32. The van der Waals surface area contributed by atoms with E-state index in [9.17, 15) is 9.59 Å². The number of fused-ring (bicyclic) bond motifs is 2. The van der Waals surface area contributed by atoms with Crippen molar-refractivity contribution in [3.8, 4) is 0 Å². The van der Waals surface area contributed by atoms with Gasteiger partial charge in [-0.15, -0.1) is 0 Å². The Bertz CT molecular complexity index is 553. The molecule has 1 saturated heterocycles. The van der Waals surface area contributed by atoms with Crippen LogP contribution in [0.2, 0.25) is 0 Å². The standard InChI is InChI=1S/C12H11NO3/c1-6-7(2)16-8-3-4-12(10(6)8)5-9(14)13-11(12)15/h3-4H,5H2,1-2H3,(H,13,14,15). The minimum absolute atomic E-state index is 0.190. The van der Waals surface area contributed by atoms with Gasteiger partial charge < -0.3 is 4.42 Å². The summed E-state index contributed by atoms with van der Waals surface area (Å²) in [6, 6.07) is 0. The Balaban J connectivity index is 2.26. The van der Waals surface area contributed by atoms with Crippen molar-refractivity contribution in [2.45, 2.75) is 25.7 Å². The van der Waals surface area contributed by atoms with Gasteiger partial charge in [-0.3, -0.25) is 14.9 Å². The maximum absolute atomic E-state index is 11.9. The third-order valence-electron chi connectivity index (χ3n) is 3.48. The zero-order chi connectivity index (χ0) is 11.5. The second kappa shape index (κ2) is 2.64. The zero-order valence-corrected chi connectivity index (χ0v) is 9.09. The van der Waals surface area contributed by atoms with Crippen molar-refractivity contribution in [2.24, 2.45) is 0 Å². The quantitative estimate of drug-likeness (QED) is 0.664. The molecule has 1 aromatic heterocycles. The first-order valence-electron chi connectivity index (χ1n) is 5.18. The van der Waals surface area contributed by atoms with Crippen molar-refractivity contribution >= 4 is 17.9 Å². The molecule has 4 heteroatoms. The van der Waals surface area contributed by atoms with Gasteiger partial charge in [-0.2, -0.15) is 0 Å². The summed E-state index contributed by atoms with van der Waals surface area (Å²) in [4.78, 5) is 23.3. The van der Waals surface area contributed by atoms with E-state index in [0.717, 1.165) is 16.9 Å². The fourth-order valence-electron chi connectivity index (χ4n) is 2.58. The van der Waals surface area contributed by atoms with Crippen LogP contribution >= 0.6 is 0 Å². The number of nitrogens with one attached hydrogen (secondary N) is 1. The molecule has 0 aromatic carbocycles. The second-order valence-electron chi connectivity index (χ2n) is 4.38. The fourth-order valence-corrected chi connectivity index (χ4v) is 2.58. The maximum atomic E-state index is 11.9. The van der Waals surface area contributed by atoms with Gasteiger partial charge in [-0.05, 0) is 25.5 Å². The van der Waals surface area contributed by atoms with Crippen LogP contribution in [0, 0.1) is 13.8 Å². The van der Waals surface area contributed by atoms with E-state index in [2.05, 4.69) is 5.32 Å². The molecule has 1 aliphatic heterocycles. The molecule has 1 N–H and O–H groups in total. The third kappa shape index (κ3) is 0.894. The molecular weight excluding hydrogens is 206 g/mol. The molecule has 82 valence electrons. The molecule has 1 spiro atoms. The molecule has 2 amide bonds. The normalized spacial score (nSPS) is 26.6. The van der Waals surface area contributed by atoms with Crippen molar-refractivity contribution < 1.29 is 14.0 Å². The average Bonchev–Trinajstić information content (AvgIpc) is 2.77. The van der Waals surface area contributed by atoms with Crippen LogP contribution in [0.1, 0.15) is 29.1 Å². The van der Waals surface area contributed by atoms with Gasteiger partial charge >= 0.3 is 0 Å². The number of amides is 2. The third-order valence-corrected chi connectivity index (χ3v) is 3.48. The van der Waals surface area contributed by atoms with Crippen molar-refractivity contribution in [2.75, 3.05) is 0 Å². The SMILES string of the molecule is Cc1oc2c(c1C)C1(C=C2)CC(=O)NC1=O. The van der Waals surface area contributed by atoms with Crippen molar-refractivity contribution in [3.63, 3.8) is 0 Å². The van der Waals surface area contributed by atoms with Gasteiger partial charge in [0.05, 0.1) is 0 Å². The summed E-state index contributed by atoms with van der Waals surface area (Å²) in [5.74, 6) is 1.05. The molecular formula is C12H11NO3. The molecule has 1 unspecified atom stereocenters. The van der Waals surface area contributed by atoms with Gasteiger partial charge in [0.1, 0.15) is 16.9 Å². The van der Waals surface area contributed by atoms with Crippen molar-refractivity contribution in [3.05, 3.63) is 28.7 Å². The van der Waals surface area contributed by atoms with Crippen LogP contribution in [0.3, 0.4) is 0 Å². The first-order valence-corrected chi connectivity index (χ1v) is 5.18. The molecule has 1 fully saturated rings. The van der Waals surface area contributed by atoms with Gasteiger partial charge in [-0.25, -0.2) is 0 Å². The highest BCUT2D eigenvalue weighted by Gasteiger charge is 2.51. The van der Waals surface area contributed by atoms with E-state index >= 15 is 0 Å². The molecule has 1 aromatic rings.